The number of hydrogen-bond acceptors (Lipinski definition) is 2. The smallest absolute Gasteiger partial charge is 0.253 e. The third-order valence-corrected chi connectivity index (χ3v) is 4.88. The van der Waals surface area contributed by atoms with Gasteiger partial charge >= 0.3 is 0 Å². The largest absolute Gasteiger partial charge is 0.348 e. The predicted molar refractivity (Wildman–Crippen MR) is 110 cm³/mol. The van der Waals surface area contributed by atoms with Crippen LogP contribution >= 0.6 is 0 Å². The molecule has 29 heavy (non-hydrogen) atoms. The minimum Gasteiger partial charge on any atom is -0.348 e. The van der Waals surface area contributed by atoms with E-state index in [-0.39, 0.29) is 11.7 Å². The fraction of sp³-hybridized carbons (Fsp3) is 0.130. The maximum atomic E-state index is 14.2. The van der Waals surface area contributed by atoms with E-state index in [4.69, 9.17) is 0 Å². The third kappa shape index (κ3) is 3.69. The number of nitrogens with one attached hydrogen (secondary N) is 1. The summed E-state index contributed by atoms with van der Waals surface area (Å²) in [7, 11) is 0. The zero-order valence-corrected chi connectivity index (χ0v) is 16.3. The monoisotopic (exact) mass is 388 g/mol. The number of carbonyl (C=O) groups is 1. The van der Waals surface area contributed by atoms with Gasteiger partial charge in [0.2, 0.25) is 0 Å². The summed E-state index contributed by atoms with van der Waals surface area (Å²) in [5.41, 5.74) is 4.32. The highest BCUT2D eigenvalue weighted by atomic mass is 19.1. The molecule has 0 aliphatic carbocycles. The first-order valence-electron chi connectivity index (χ1n) is 9.35. The molecule has 0 aliphatic heterocycles. The van der Waals surface area contributed by atoms with Crippen molar-refractivity contribution in [2.45, 2.75) is 20.4 Å². The van der Waals surface area contributed by atoms with Gasteiger partial charge in [0.05, 0.1) is 23.1 Å². The summed E-state index contributed by atoms with van der Waals surface area (Å²) in [6, 6.07) is 18.1. The van der Waals surface area contributed by atoms with Crippen molar-refractivity contribution in [3.63, 3.8) is 0 Å². The van der Waals surface area contributed by atoms with Crippen LogP contribution in [0.15, 0.2) is 73.1 Å². The minimum atomic E-state index is -0.324. The summed E-state index contributed by atoms with van der Waals surface area (Å²) in [5.74, 6) is -0.525. The first kappa shape index (κ1) is 18.7. The Labute approximate surface area is 168 Å². The van der Waals surface area contributed by atoms with Gasteiger partial charge in [-0.15, -0.1) is 0 Å². The molecule has 4 aromatic rings. The Hall–Kier alpha value is -3.67. The predicted octanol–water partition coefficient (Wildman–Crippen LogP) is 4.35. The molecule has 2 aromatic carbocycles. The van der Waals surface area contributed by atoms with Crippen LogP contribution in [0.3, 0.4) is 0 Å². The number of halogens is 1. The Morgan fingerprint density at radius 3 is 2.55 bits per heavy atom. The number of aromatic nitrogens is 3. The first-order valence-corrected chi connectivity index (χ1v) is 9.35. The zero-order chi connectivity index (χ0) is 20.4. The number of nitrogens with zero attached hydrogens (tertiary/aromatic N) is 3. The number of amides is 1. The van der Waals surface area contributed by atoms with Crippen LogP contribution in [0.2, 0.25) is 0 Å². The molecule has 2 aromatic heterocycles. The normalized spacial score (nSPS) is 10.9. The first-order chi connectivity index (χ1) is 14.0. The molecular weight excluding hydrogens is 367 g/mol. The Morgan fingerprint density at radius 2 is 1.79 bits per heavy atom. The number of hydrogen-bond donors (Lipinski definition) is 1. The topological polar surface area (TPSA) is 51.9 Å². The zero-order valence-electron chi connectivity index (χ0n) is 16.3. The molecule has 0 unspecified atom stereocenters. The molecule has 4 rings (SSSR count). The fourth-order valence-corrected chi connectivity index (χ4v) is 3.45. The lowest BCUT2D eigenvalue weighted by atomic mass is 10.2. The second kappa shape index (κ2) is 7.75. The molecule has 5 nitrogen and oxygen atoms in total. The fourth-order valence-electron chi connectivity index (χ4n) is 3.45. The Balaban J connectivity index is 1.51. The van der Waals surface area contributed by atoms with Crippen molar-refractivity contribution in [3.8, 4) is 11.4 Å². The molecule has 0 saturated carbocycles. The molecule has 1 N–H and O–H groups in total. The lowest BCUT2D eigenvalue weighted by Crippen LogP contribution is -2.23. The molecular formula is C23H21FN4O. The standard InChI is InChI=1S/C23H21FN4O/c1-16-12-20(17(2)28(16)22-11-7-6-10-21(22)24)23(29)25-13-18-14-26-27(15-18)19-8-4-3-5-9-19/h3-12,14-15H,13H2,1-2H3,(H,25,29). The molecule has 0 atom stereocenters. The second-order valence-corrected chi connectivity index (χ2v) is 6.88. The van der Waals surface area contributed by atoms with E-state index in [0.717, 1.165) is 16.9 Å². The van der Waals surface area contributed by atoms with Gasteiger partial charge in [-0.05, 0) is 44.2 Å². The number of rotatable bonds is 5. The molecule has 6 heteroatoms. The summed E-state index contributed by atoms with van der Waals surface area (Å²) < 4.78 is 17.8. The summed E-state index contributed by atoms with van der Waals surface area (Å²) in [6.45, 7) is 4.04. The highest BCUT2D eigenvalue weighted by Crippen LogP contribution is 2.23. The number of benzene rings is 2. The van der Waals surface area contributed by atoms with Gasteiger partial charge in [0.15, 0.2) is 0 Å². The molecule has 0 fully saturated rings. The van der Waals surface area contributed by atoms with E-state index in [0.29, 0.717) is 23.5 Å². The van der Waals surface area contributed by atoms with Crippen molar-refractivity contribution in [2.75, 3.05) is 0 Å². The van der Waals surface area contributed by atoms with Gasteiger partial charge in [0.1, 0.15) is 5.82 Å². The second-order valence-electron chi connectivity index (χ2n) is 6.88. The van der Waals surface area contributed by atoms with E-state index in [1.54, 1.807) is 39.7 Å². The van der Waals surface area contributed by atoms with Crippen LogP contribution in [-0.2, 0) is 6.54 Å². The van der Waals surface area contributed by atoms with E-state index >= 15 is 0 Å². The quantitative estimate of drug-likeness (QED) is 0.553. The van der Waals surface area contributed by atoms with Crippen LogP contribution in [0.5, 0.6) is 0 Å². The van der Waals surface area contributed by atoms with Crippen LogP contribution in [-0.4, -0.2) is 20.3 Å². The van der Waals surface area contributed by atoms with Gasteiger partial charge in [-0.3, -0.25) is 4.79 Å². The Bertz CT molecular complexity index is 1160. The van der Waals surface area contributed by atoms with Gasteiger partial charge in [0, 0.05) is 29.7 Å². The van der Waals surface area contributed by atoms with E-state index in [9.17, 15) is 9.18 Å². The summed E-state index contributed by atoms with van der Waals surface area (Å²) in [5, 5.41) is 7.27. The molecule has 1 amide bonds. The SMILES string of the molecule is Cc1cc(C(=O)NCc2cnn(-c3ccccc3)c2)c(C)n1-c1ccccc1F. The molecule has 0 aliphatic rings. The maximum absolute atomic E-state index is 14.2. The molecule has 2 heterocycles. The van der Waals surface area contributed by atoms with Gasteiger partial charge in [-0.2, -0.15) is 5.10 Å². The molecule has 0 spiro atoms. The van der Waals surface area contributed by atoms with E-state index in [1.165, 1.54) is 6.07 Å². The van der Waals surface area contributed by atoms with Crippen molar-refractivity contribution in [1.29, 1.82) is 0 Å². The summed E-state index contributed by atoms with van der Waals surface area (Å²) in [4.78, 5) is 12.8. The van der Waals surface area contributed by atoms with E-state index in [2.05, 4.69) is 10.4 Å². The van der Waals surface area contributed by atoms with Crippen LogP contribution in [0, 0.1) is 19.7 Å². The minimum absolute atomic E-state index is 0.201. The maximum Gasteiger partial charge on any atom is 0.253 e. The van der Waals surface area contributed by atoms with Crippen LogP contribution in [0.4, 0.5) is 4.39 Å². The van der Waals surface area contributed by atoms with Crippen molar-refractivity contribution in [2.24, 2.45) is 0 Å². The highest BCUT2D eigenvalue weighted by molar-refractivity contribution is 5.95. The lowest BCUT2D eigenvalue weighted by Gasteiger charge is -2.11. The molecule has 0 saturated heterocycles. The third-order valence-electron chi connectivity index (χ3n) is 4.88. The van der Waals surface area contributed by atoms with Crippen molar-refractivity contribution >= 4 is 5.91 Å². The van der Waals surface area contributed by atoms with Gasteiger partial charge in [0.25, 0.3) is 5.91 Å². The number of carbonyl (C=O) groups excluding carboxylic acids is 1. The lowest BCUT2D eigenvalue weighted by molar-refractivity contribution is 0.0950. The molecule has 146 valence electrons. The van der Waals surface area contributed by atoms with Gasteiger partial charge < -0.3 is 9.88 Å². The van der Waals surface area contributed by atoms with Crippen molar-refractivity contribution in [1.82, 2.24) is 19.7 Å². The average molecular weight is 388 g/mol. The number of aryl methyl sites for hydroxylation is 1. The Kier molecular flexibility index (Phi) is 4.99. The molecule has 0 bridgehead atoms. The summed E-state index contributed by atoms with van der Waals surface area (Å²) >= 11 is 0. The number of para-hydroxylation sites is 2. The summed E-state index contributed by atoms with van der Waals surface area (Å²) in [6.07, 6.45) is 3.62. The van der Waals surface area contributed by atoms with Crippen LogP contribution in [0.1, 0.15) is 27.3 Å². The van der Waals surface area contributed by atoms with E-state index in [1.807, 2.05) is 50.4 Å². The molecule has 0 radical (unpaired) electrons. The van der Waals surface area contributed by atoms with Crippen molar-refractivity contribution < 1.29 is 9.18 Å². The van der Waals surface area contributed by atoms with Crippen molar-refractivity contribution in [3.05, 3.63) is 101 Å². The van der Waals surface area contributed by atoms with E-state index < -0.39 is 0 Å². The van der Waals surface area contributed by atoms with Gasteiger partial charge in [-0.25, -0.2) is 9.07 Å². The average Bonchev–Trinajstić information content (AvgIpc) is 3.32. The highest BCUT2D eigenvalue weighted by Gasteiger charge is 2.18. The Morgan fingerprint density at radius 1 is 1.07 bits per heavy atom. The van der Waals surface area contributed by atoms with Crippen LogP contribution < -0.4 is 5.32 Å². The van der Waals surface area contributed by atoms with Crippen LogP contribution in [0.25, 0.3) is 11.4 Å². The van der Waals surface area contributed by atoms with Gasteiger partial charge in [-0.1, -0.05) is 30.3 Å².